The standard InChI is InChI=1S/C24H20ClFN4O3/c1-14-10-18(23(32)28-16-4-2-15(25)3-5-16)19(11-14)24(33)29-21-7-6-17(12-20(21)26)30-9-8-27-13-22(30)31/h2-9,12-13,18-19H,1,10-11H2,(H,28,32)(H,29,33)/t18-,19-/m0/s1. The molecule has 33 heavy (non-hydrogen) atoms. The summed E-state index contributed by atoms with van der Waals surface area (Å²) in [6.45, 7) is 3.93. The van der Waals surface area contributed by atoms with E-state index in [4.69, 9.17) is 11.6 Å². The highest BCUT2D eigenvalue weighted by molar-refractivity contribution is 6.30. The van der Waals surface area contributed by atoms with Crippen molar-refractivity contribution in [1.29, 1.82) is 0 Å². The lowest BCUT2D eigenvalue weighted by Crippen LogP contribution is -2.33. The van der Waals surface area contributed by atoms with E-state index in [9.17, 15) is 18.8 Å². The van der Waals surface area contributed by atoms with E-state index >= 15 is 0 Å². The van der Waals surface area contributed by atoms with Crippen molar-refractivity contribution in [3.05, 3.63) is 94.4 Å². The number of hydrogen-bond acceptors (Lipinski definition) is 4. The van der Waals surface area contributed by atoms with Crippen molar-refractivity contribution in [2.75, 3.05) is 10.6 Å². The molecule has 7 nitrogen and oxygen atoms in total. The Kier molecular flexibility index (Phi) is 6.37. The molecule has 2 N–H and O–H groups in total. The highest BCUT2D eigenvalue weighted by Crippen LogP contribution is 2.37. The van der Waals surface area contributed by atoms with Crippen LogP contribution in [0.25, 0.3) is 5.69 Å². The van der Waals surface area contributed by atoms with Gasteiger partial charge in [0.1, 0.15) is 5.82 Å². The van der Waals surface area contributed by atoms with Crippen molar-refractivity contribution < 1.29 is 14.0 Å². The Morgan fingerprint density at radius 2 is 1.73 bits per heavy atom. The second-order valence-corrected chi connectivity index (χ2v) is 8.24. The molecule has 0 unspecified atom stereocenters. The number of carbonyl (C=O) groups excluding carboxylic acids is 2. The van der Waals surface area contributed by atoms with Crippen LogP contribution in [0.15, 0.2) is 78.0 Å². The van der Waals surface area contributed by atoms with Crippen molar-refractivity contribution in [2.45, 2.75) is 12.8 Å². The molecule has 168 valence electrons. The van der Waals surface area contributed by atoms with Crippen molar-refractivity contribution in [1.82, 2.24) is 9.55 Å². The number of nitrogens with zero attached hydrogens (tertiary/aromatic N) is 2. The first kappa shape index (κ1) is 22.4. The molecular weight excluding hydrogens is 447 g/mol. The van der Waals surface area contributed by atoms with Crippen molar-refractivity contribution in [3.8, 4) is 5.69 Å². The Labute approximate surface area is 193 Å². The molecule has 2 amide bonds. The van der Waals surface area contributed by atoms with Crippen LogP contribution in [0.1, 0.15) is 12.8 Å². The number of hydrogen-bond donors (Lipinski definition) is 2. The van der Waals surface area contributed by atoms with E-state index in [2.05, 4.69) is 22.2 Å². The first-order valence-corrected chi connectivity index (χ1v) is 10.6. The maximum atomic E-state index is 14.7. The van der Waals surface area contributed by atoms with E-state index in [1.807, 2.05) is 0 Å². The smallest absolute Gasteiger partial charge is 0.273 e. The summed E-state index contributed by atoms with van der Waals surface area (Å²) in [5.41, 5.74) is 1.19. The van der Waals surface area contributed by atoms with E-state index in [1.165, 1.54) is 29.1 Å². The largest absolute Gasteiger partial charge is 0.326 e. The molecule has 3 aromatic rings. The number of amides is 2. The molecule has 0 spiro atoms. The summed E-state index contributed by atoms with van der Waals surface area (Å²) in [7, 11) is 0. The molecule has 1 aliphatic rings. The number of benzene rings is 2. The third-order valence-corrected chi connectivity index (χ3v) is 5.75. The van der Waals surface area contributed by atoms with Gasteiger partial charge in [-0.2, -0.15) is 0 Å². The van der Waals surface area contributed by atoms with Crippen molar-refractivity contribution in [3.63, 3.8) is 0 Å². The highest BCUT2D eigenvalue weighted by atomic mass is 35.5. The SMILES string of the molecule is C=C1C[C@H](C(=O)Nc2ccc(Cl)cc2)[C@@H](C(=O)Nc2ccc(-n3ccncc3=O)cc2F)C1. The van der Waals surface area contributed by atoms with Gasteiger partial charge in [0.15, 0.2) is 0 Å². The first-order valence-electron chi connectivity index (χ1n) is 10.2. The Morgan fingerprint density at radius 3 is 2.36 bits per heavy atom. The minimum Gasteiger partial charge on any atom is -0.326 e. The summed E-state index contributed by atoms with van der Waals surface area (Å²) < 4.78 is 15.9. The zero-order valence-corrected chi connectivity index (χ0v) is 18.2. The van der Waals surface area contributed by atoms with E-state index in [0.717, 1.165) is 17.8 Å². The molecule has 1 aliphatic carbocycles. The van der Waals surface area contributed by atoms with Crippen LogP contribution in [0, 0.1) is 17.7 Å². The maximum absolute atomic E-state index is 14.7. The van der Waals surface area contributed by atoms with Crippen LogP contribution in [0.3, 0.4) is 0 Å². The Morgan fingerprint density at radius 1 is 1.06 bits per heavy atom. The number of rotatable bonds is 5. The molecule has 1 aromatic heterocycles. The number of halogens is 2. The molecule has 1 heterocycles. The van der Waals surface area contributed by atoms with Gasteiger partial charge >= 0.3 is 0 Å². The minimum atomic E-state index is -0.705. The molecule has 1 saturated carbocycles. The molecule has 0 bridgehead atoms. The Bertz CT molecular complexity index is 1290. The molecule has 4 rings (SSSR count). The van der Waals surface area contributed by atoms with Crippen LogP contribution in [-0.2, 0) is 9.59 Å². The van der Waals surface area contributed by atoms with Gasteiger partial charge in [0.05, 0.1) is 29.4 Å². The van der Waals surface area contributed by atoms with Gasteiger partial charge in [-0.25, -0.2) is 4.39 Å². The normalized spacial score (nSPS) is 17.6. The van der Waals surface area contributed by atoms with Gasteiger partial charge in [0.25, 0.3) is 5.56 Å². The zero-order valence-electron chi connectivity index (χ0n) is 17.4. The second-order valence-electron chi connectivity index (χ2n) is 7.81. The third kappa shape index (κ3) is 5.01. The lowest BCUT2D eigenvalue weighted by molar-refractivity contribution is -0.128. The second kappa shape index (κ2) is 9.38. The van der Waals surface area contributed by atoms with Crippen LogP contribution in [0.2, 0.25) is 5.02 Å². The van der Waals surface area contributed by atoms with Crippen LogP contribution in [-0.4, -0.2) is 21.4 Å². The minimum absolute atomic E-state index is 0.0415. The van der Waals surface area contributed by atoms with E-state index in [1.54, 1.807) is 24.3 Å². The maximum Gasteiger partial charge on any atom is 0.273 e. The molecule has 2 aromatic carbocycles. The number of allylic oxidation sites excluding steroid dienone is 1. The summed E-state index contributed by atoms with van der Waals surface area (Å²) in [6.07, 6.45) is 4.65. The predicted molar refractivity (Wildman–Crippen MR) is 124 cm³/mol. The third-order valence-electron chi connectivity index (χ3n) is 5.50. The molecular formula is C24H20ClFN4O3. The van der Waals surface area contributed by atoms with Crippen LogP contribution in [0.5, 0.6) is 0 Å². The van der Waals surface area contributed by atoms with Gasteiger partial charge in [-0.1, -0.05) is 23.8 Å². The molecule has 0 saturated heterocycles. The summed E-state index contributed by atoms with van der Waals surface area (Å²) in [4.78, 5) is 41.4. The van der Waals surface area contributed by atoms with Gasteiger partial charge in [-0.3, -0.25) is 23.9 Å². The van der Waals surface area contributed by atoms with Crippen LogP contribution in [0.4, 0.5) is 15.8 Å². The molecule has 9 heteroatoms. The number of aromatic nitrogens is 2. The molecule has 2 atom stereocenters. The summed E-state index contributed by atoms with van der Waals surface area (Å²) in [5.74, 6) is -2.82. The first-order chi connectivity index (χ1) is 15.8. The lowest BCUT2D eigenvalue weighted by atomic mass is 9.94. The Hall–Kier alpha value is -3.78. The highest BCUT2D eigenvalue weighted by Gasteiger charge is 2.39. The van der Waals surface area contributed by atoms with Gasteiger partial charge in [-0.15, -0.1) is 0 Å². The quantitative estimate of drug-likeness (QED) is 0.551. The number of carbonyl (C=O) groups is 2. The summed E-state index contributed by atoms with van der Waals surface area (Å²) in [6, 6.07) is 10.7. The van der Waals surface area contributed by atoms with Crippen molar-refractivity contribution in [2.24, 2.45) is 11.8 Å². The fourth-order valence-corrected chi connectivity index (χ4v) is 3.98. The fraction of sp³-hybridized carbons (Fsp3) is 0.167. The topological polar surface area (TPSA) is 93.1 Å². The number of nitrogens with one attached hydrogen (secondary N) is 2. The molecule has 1 fully saturated rings. The van der Waals surface area contributed by atoms with Crippen LogP contribution < -0.4 is 16.2 Å². The summed E-state index contributed by atoms with van der Waals surface area (Å²) >= 11 is 5.87. The van der Waals surface area contributed by atoms with E-state index in [0.29, 0.717) is 29.2 Å². The lowest BCUT2D eigenvalue weighted by Gasteiger charge is -2.19. The molecule has 0 aliphatic heterocycles. The van der Waals surface area contributed by atoms with Gasteiger partial charge < -0.3 is 10.6 Å². The van der Waals surface area contributed by atoms with Gasteiger partial charge in [0, 0.05) is 29.2 Å². The zero-order chi connectivity index (χ0) is 23.5. The fourth-order valence-electron chi connectivity index (χ4n) is 3.85. The van der Waals surface area contributed by atoms with E-state index < -0.39 is 29.1 Å². The average molecular weight is 467 g/mol. The average Bonchev–Trinajstić information content (AvgIpc) is 3.19. The Balaban J connectivity index is 1.49. The number of anilines is 2. The van der Waals surface area contributed by atoms with Gasteiger partial charge in [-0.05, 0) is 49.2 Å². The monoisotopic (exact) mass is 466 g/mol. The van der Waals surface area contributed by atoms with Gasteiger partial charge in [0.2, 0.25) is 11.8 Å². The van der Waals surface area contributed by atoms with Crippen molar-refractivity contribution >= 4 is 34.8 Å². The van der Waals surface area contributed by atoms with Crippen LogP contribution >= 0.6 is 11.6 Å². The predicted octanol–water partition coefficient (Wildman–Crippen LogP) is 4.18. The molecule has 0 radical (unpaired) electrons. The summed E-state index contributed by atoms with van der Waals surface area (Å²) in [5, 5.41) is 5.91. The van der Waals surface area contributed by atoms with E-state index in [-0.39, 0.29) is 11.6 Å².